The van der Waals surface area contributed by atoms with Crippen LogP contribution in [0.1, 0.15) is 17.3 Å². The summed E-state index contributed by atoms with van der Waals surface area (Å²) in [4.78, 5) is 8.83. The van der Waals surface area contributed by atoms with Crippen LogP contribution >= 0.6 is 15.9 Å². The van der Waals surface area contributed by atoms with Gasteiger partial charge in [0, 0.05) is 28.4 Å². The molecule has 0 bridgehead atoms. The molecular formula is C17H16BrN3. The second-order valence-electron chi connectivity index (χ2n) is 4.97. The molecule has 0 spiro atoms. The van der Waals surface area contributed by atoms with Gasteiger partial charge in [0.1, 0.15) is 0 Å². The van der Waals surface area contributed by atoms with Crippen LogP contribution in [-0.4, -0.2) is 17.0 Å². The number of likely N-dealkylation sites (N-methyl/N-ethyl adjacent to an activating group) is 1. The van der Waals surface area contributed by atoms with Crippen LogP contribution in [0.3, 0.4) is 0 Å². The molecule has 3 aromatic rings. The maximum atomic E-state index is 4.60. The first-order valence-electron chi connectivity index (χ1n) is 6.88. The van der Waals surface area contributed by atoms with Crippen molar-refractivity contribution in [1.82, 2.24) is 15.3 Å². The van der Waals surface area contributed by atoms with Gasteiger partial charge in [-0.2, -0.15) is 0 Å². The molecule has 3 nitrogen and oxygen atoms in total. The molecule has 1 atom stereocenters. The molecule has 1 unspecified atom stereocenters. The fourth-order valence-electron chi connectivity index (χ4n) is 2.56. The molecule has 2 aromatic heterocycles. The van der Waals surface area contributed by atoms with E-state index in [1.165, 1.54) is 16.3 Å². The quantitative estimate of drug-likeness (QED) is 0.782. The van der Waals surface area contributed by atoms with E-state index in [0.717, 1.165) is 16.6 Å². The second kappa shape index (κ2) is 6.33. The molecular weight excluding hydrogens is 326 g/mol. The summed E-state index contributed by atoms with van der Waals surface area (Å²) in [6.45, 7) is 0. The molecule has 0 aliphatic carbocycles. The molecule has 21 heavy (non-hydrogen) atoms. The Hall–Kier alpha value is -1.78. The Morgan fingerprint density at radius 2 is 2.05 bits per heavy atom. The minimum Gasteiger partial charge on any atom is -0.311 e. The number of rotatable bonds is 4. The van der Waals surface area contributed by atoms with Gasteiger partial charge in [-0.25, -0.2) is 0 Å². The highest BCUT2D eigenvalue weighted by atomic mass is 79.9. The number of fused-ring (bicyclic) bond motifs is 1. The molecule has 4 heteroatoms. The summed E-state index contributed by atoms with van der Waals surface area (Å²) in [5.41, 5.74) is 2.26. The van der Waals surface area contributed by atoms with Gasteiger partial charge in [0.05, 0.1) is 11.7 Å². The lowest BCUT2D eigenvalue weighted by Gasteiger charge is -2.17. The monoisotopic (exact) mass is 341 g/mol. The van der Waals surface area contributed by atoms with Crippen molar-refractivity contribution < 1.29 is 0 Å². The summed E-state index contributed by atoms with van der Waals surface area (Å²) in [5, 5.41) is 5.79. The molecule has 0 amide bonds. The standard InChI is InChI=1S/C17H16BrN3/c1-19-16(9-12-8-14(18)11-20-10-12)17-15-5-3-2-4-13(15)6-7-21-17/h2-8,10-11,16,19H,9H2,1H3. The van der Waals surface area contributed by atoms with Gasteiger partial charge >= 0.3 is 0 Å². The number of aromatic nitrogens is 2. The largest absolute Gasteiger partial charge is 0.311 e. The fraction of sp³-hybridized carbons (Fsp3) is 0.176. The van der Waals surface area contributed by atoms with Gasteiger partial charge in [-0.3, -0.25) is 9.97 Å². The van der Waals surface area contributed by atoms with E-state index in [1.54, 1.807) is 6.20 Å². The number of hydrogen-bond donors (Lipinski definition) is 1. The Bertz CT molecular complexity index is 752. The lowest BCUT2D eigenvalue weighted by molar-refractivity contribution is 0.580. The Kier molecular flexibility index (Phi) is 4.27. The Balaban J connectivity index is 1.98. The van der Waals surface area contributed by atoms with Gasteiger partial charge in [-0.15, -0.1) is 0 Å². The summed E-state index contributed by atoms with van der Waals surface area (Å²) in [5.74, 6) is 0. The van der Waals surface area contributed by atoms with E-state index in [-0.39, 0.29) is 6.04 Å². The first-order chi connectivity index (χ1) is 10.3. The van der Waals surface area contributed by atoms with Crippen LogP contribution in [0.25, 0.3) is 10.8 Å². The van der Waals surface area contributed by atoms with Crippen molar-refractivity contribution >= 4 is 26.7 Å². The van der Waals surface area contributed by atoms with E-state index in [4.69, 9.17) is 0 Å². The summed E-state index contributed by atoms with van der Waals surface area (Å²) in [6, 6.07) is 12.7. The molecule has 3 rings (SSSR count). The van der Waals surface area contributed by atoms with Gasteiger partial charge in [0.15, 0.2) is 0 Å². The zero-order valence-corrected chi connectivity index (χ0v) is 13.3. The van der Waals surface area contributed by atoms with Gasteiger partial charge in [-0.1, -0.05) is 24.3 Å². The maximum absolute atomic E-state index is 4.60. The van der Waals surface area contributed by atoms with Crippen LogP contribution in [0.2, 0.25) is 0 Å². The molecule has 1 aromatic carbocycles. The number of hydrogen-bond acceptors (Lipinski definition) is 3. The van der Waals surface area contributed by atoms with Crippen molar-refractivity contribution in [2.24, 2.45) is 0 Å². The Morgan fingerprint density at radius 1 is 1.19 bits per heavy atom. The lowest BCUT2D eigenvalue weighted by Crippen LogP contribution is -2.20. The molecule has 0 saturated carbocycles. The molecule has 0 fully saturated rings. The average molecular weight is 342 g/mol. The minimum absolute atomic E-state index is 0.159. The van der Waals surface area contributed by atoms with Crippen LogP contribution in [0.15, 0.2) is 59.5 Å². The molecule has 0 aliphatic heterocycles. The van der Waals surface area contributed by atoms with Crippen LogP contribution in [0, 0.1) is 0 Å². The first-order valence-corrected chi connectivity index (χ1v) is 7.67. The lowest BCUT2D eigenvalue weighted by atomic mass is 10.00. The summed E-state index contributed by atoms with van der Waals surface area (Å²) in [7, 11) is 1.97. The zero-order valence-electron chi connectivity index (χ0n) is 11.8. The van der Waals surface area contributed by atoms with E-state index in [0.29, 0.717) is 0 Å². The van der Waals surface area contributed by atoms with Crippen molar-refractivity contribution in [2.75, 3.05) is 7.05 Å². The molecule has 0 saturated heterocycles. The number of nitrogens with one attached hydrogen (secondary N) is 1. The van der Waals surface area contributed by atoms with E-state index >= 15 is 0 Å². The van der Waals surface area contributed by atoms with Crippen molar-refractivity contribution in [3.8, 4) is 0 Å². The van der Waals surface area contributed by atoms with Crippen LogP contribution < -0.4 is 5.32 Å². The maximum Gasteiger partial charge on any atom is 0.0654 e. The predicted molar refractivity (Wildman–Crippen MR) is 89.2 cm³/mol. The van der Waals surface area contributed by atoms with Crippen molar-refractivity contribution in [3.05, 3.63) is 70.7 Å². The third-order valence-electron chi connectivity index (χ3n) is 3.58. The molecule has 0 aliphatic rings. The van der Waals surface area contributed by atoms with E-state index < -0.39 is 0 Å². The Morgan fingerprint density at radius 3 is 2.86 bits per heavy atom. The van der Waals surface area contributed by atoms with Crippen LogP contribution in [-0.2, 0) is 6.42 Å². The topological polar surface area (TPSA) is 37.8 Å². The molecule has 1 N–H and O–H groups in total. The minimum atomic E-state index is 0.159. The van der Waals surface area contributed by atoms with Crippen LogP contribution in [0.5, 0.6) is 0 Å². The second-order valence-corrected chi connectivity index (χ2v) is 5.89. The van der Waals surface area contributed by atoms with E-state index in [2.05, 4.69) is 61.5 Å². The van der Waals surface area contributed by atoms with Gasteiger partial charge in [-0.05, 0) is 52.5 Å². The number of pyridine rings is 2. The average Bonchev–Trinajstić information content (AvgIpc) is 2.52. The van der Waals surface area contributed by atoms with Crippen molar-refractivity contribution in [2.45, 2.75) is 12.5 Å². The number of benzene rings is 1. The highest BCUT2D eigenvalue weighted by Gasteiger charge is 2.15. The van der Waals surface area contributed by atoms with Gasteiger partial charge in [0.25, 0.3) is 0 Å². The van der Waals surface area contributed by atoms with Crippen molar-refractivity contribution in [3.63, 3.8) is 0 Å². The molecule has 2 heterocycles. The normalized spacial score (nSPS) is 12.5. The summed E-state index contributed by atoms with van der Waals surface area (Å²) < 4.78 is 1.00. The third kappa shape index (κ3) is 3.12. The third-order valence-corrected chi connectivity index (χ3v) is 4.02. The van der Waals surface area contributed by atoms with E-state index in [9.17, 15) is 0 Å². The van der Waals surface area contributed by atoms with Crippen molar-refractivity contribution in [1.29, 1.82) is 0 Å². The Labute approximate surface area is 132 Å². The first kappa shape index (κ1) is 14.2. The van der Waals surface area contributed by atoms with Gasteiger partial charge in [0.2, 0.25) is 0 Å². The smallest absolute Gasteiger partial charge is 0.0654 e. The molecule has 0 radical (unpaired) electrons. The SMILES string of the molecule is CNC(Cc1cncc(Br)c1)c1nccc2ccccc12. The fourth-order valence-corrected chi connectivity index (χ4v) is 2.97. The predicted octanol–water partition coefficient (Wildman–Crippen LogP) is 3.90. The summed E-state index contributed by atoms with van der Waals surface area (Å²) >= 11 is 3.47. The highest BCUT2D eigenvalue weighted by Crippen LogP contribution is 2.25. The van der Waals surface area contributed by atoms with Gasteiger partial charge < -0.3 is 5.32 Å². The zero-order chi connectivity index (χ0) is 14.7. The number of nitrogens with zero attached hydrogens (tertiary/aromatic N) is 2. The summed E-state index contributed by atoms with van der Waals surface area (Å²) in [6.07, 6.45) is 6.43. The highest BCUT2D eigenvalue weighted by molar-refractivity contribution is 9.10. The van der Waals surface area contributed by atoms with E-state index in [1.807, 2.05) is 25.5 Å². The number of halogens is 1. The molecule has 106 valence electrons. The van der Waals surface area contributed by atoms with Crippen LogP contribution in [0.4, 0.5) is 0 Å².